The SMILES string of the molecule is COc1ccc(C(=O)N2CCCC[C@@H]2c2ncn[nH]2)c(F)c1. The van der Waals surface area contributed by atoms with Gasteiger partial charge in [-0.05, 0) is 31.4 Å². The summed E-state index contributed by atoms with van der Waals surface area (Å²) in [4.78, 5) is 18.5. The van der Waals surface area contributed by atoms with Crippen LogP contribution in [-0.2, 0) is 0 Å². The number of amides is 1. The molecule has 1 aliphatic rings. The molecule has 0 bridgehead atoms. The first-order valence-electron chi connectivity index (χ1n) is 7.20. The predicted molar refractivity (Wildman–Crippen MR) is 77.0 cm³/mol. The van der Waals surface area contributed by atoms with Gasteiger partial charge in [0.05, 0.1) is 18.7 Å². The van der Waals surface area contributed by atoms with Gasteiger partial charge in [-0.2, -0.15) is 5.10 Å². The van der Waals surface area contributed by atoms with Crippen molar-refractivity contribution in [2.45, 2.75) is 25.3 Å². The molecule has 1 fully saturated rings. The lowest BCUT2D eigenvalue weighted by Crippen LogP contribution is -2.39. The number of benzene rings is 1. The lowest BCUT2D eigenvalue weighted by Gasteiger charge is -2.34. The highest BCUT2D eigenvalue weighted by Crippen LogP contribution is 2.30. The van der Waals surface area contributed by atoms with Crippen LogP contribution >= 0.6 is 0 Å². The van der Waals surface area contributed by atoms with Crippen molar-refractivity contribution in [1.29, 1.82) is 0 Å². The van der Waals surface area contributed by atoms with E-state index in [1.165, 1.54) is 25.6 Å². The van der Waals surface area contributed by atoms with Crippen LogP contribution < -0.4 is 4.74 Å². The lowest BCUT2D eigenvalue weighted by atomic mass is 10.00. The fourth-order valence-electron chi connectivity index (χ4n) is 2.79. The normalized spacial score (nSPS) is 18.3. The van der Waals surface area contributed by atoms with Gasteiger partial charge in [0.15, 0.2) is 0 Å². The third kappa shape index (κ3) is 2.66. The van der Waals surface area contributed by atoms with E-state index in [0.29, 0.717) is 18.1 Å². The third-order valence-corrected chi connectivity index (χ3v) is 3.92. The van der Waals surface area contributed by atoms with Crippen molar-refractivity contribution in [2.24, 2.45) is 0 Å². The lowest BCUT2D eigenvalue weighted by molar-refractivity contribution is 0.0595. The van der Waals surface area contributed by atoms with E-state index in [1.54, 1.807) is 11.0 Å². The summed E-state index contributed by atoms with van der Waals surface area (Å²) in [5, 5.41) is 6.65. The van der Waals surface area contributed by atoms with Crippen molar-refractivity contribution in [3.8, 4) is 5.75 Å². The monoisotopic (exact) mass is 304 g/mol. The van der Waals surface area contributed by atoms with Gasteiger partial charge in [-0.25, -0.2) is 9.37 Å². The quantitative estimate of drug-likeness (QED) is 0.944. The fourth-order valence-corrected chi connectivity index (χ4v) is 2.79. The molecule has 1 amide bonds. The smallest absolute Gasteiger partial charge is 0.257 e. The second kappa shape index (κ2) is 6.13. The maximum atomic E-state index is 14.1. The van der Waals surface area contributed by atoms with Gasteiger partial charge in [0.2, 0.25) is 0 Å². The highest BCUT2D eigenvalue weighted by molar-refractivity contribution is 5.95. The summed E-state index contributed by atoms with van der Waals surface area (Å²) < 4.78 is 19.1. The van der Waals surface area contributed by atoms with Crippen LogP contribution in [0.1, 0.15) is 41.5 Å². The largest absolute Gasteiger partial charge is 0.497 e. The van der Waals surface area contributed by atoms with E-state index < -0.39 is 5.82 Å². The molecule has 6 nitrogen and oxygen atoms in total. The van der Waals surface area contributed by atoms with Gasteiger partial charge >= 0.3 is 0 Å². The first-order chi connectivity index (χ1) is 10.7. The number of carbonyl (C=O) groups is 1. The number of aromatic amines is 1. The minimum atomic E-state index is -0.578. The average molecular weight is 304 g/mol. The second-order valence-electron chi connectivity index (χ2n) is 5.23. The Morgan fingerprint density at radius 3 is 3.00 bits per heavy atom. The van der Waals surface area contributed by atoms with Crippen LogP contribution in [-0.4, -0.2) is 39.6 Å². The van der Waals surface area contributed by atoms with E-state index in [2.05, 4.69) is 15.2 Å². The van der Waals surface area contributed by atoms with E-state index in [0.717, 1.165) is 19.3 Å². The summed E-state index contributed by atoms with van der Waals surface area (Å²) in [5.74, 6) is 0.119. The first kappa shape index (κ1) is 14.5. The van der Waals surface area contributed by atoms with Gasteiger partial charge < -0.3 is 9.64 Å². The number of hydrogen-bond acceptors (Lipinski definition) is 4. The minimum absolute atomic E-state index is 0.0483. The maximum absolute atomic E-state index is 14.1. The van der Waals surface area contributed by atoms with Crippen molar-refractivity contribution >= 4 is 5.91 Å². The number of nitrogens with one attached hydrogen (secondary N) is 1. The van der Waals surface area contributed by atoms with Gasteiger partial charge in [-0.3, -0.25) is 9.89 Å². The Hall–Kier alpha value is -2.44. The van der Waals surface area contributed by atoms with Crippen LogP contribution in [0, 0.1) is 5.82 Å². The summed E-state index contributed by atoms with van der Waals surface area (Å²) in [6.07, 6.45) is 4.10. The van der Waals surface area contributed by atoms with E-state index in [-0.39, 0.29) is 17.5 Å². The molecule has 1 saturated heterocycles. The number of H-pyrrole nitrogens is 1. The van der Waals surface area contributed by atoms with Gasteiger partial charge in [0.25, 0.3) is 5.91 Å². The molecule has 1 aliphatic heterocycles. The van der Waals surface area contributed by atoms with E-state index in [9.17, 15) is 9.18 Å². The van der Waals surface area contributed by atoms with Gasteiger partial charge in [0, 0.05) is 12.6 Å². The van der Waals surface area contributed by atoms with E-state index in [1.807, 2.05) is 0 Å². The van der Waals surface area contributed by atoms with Crippen molar-refractivity contribution < 1.29 is 13.9 Å². The van der Waals surface area contributed by atoms with Crippen LogP contribution in [0.4, 0.5) is 4.39 Å². The number of carbonyl (C=O) groups excluding carboxylic acids is 1. The molecule has 0 unspecified atom stereocenters. The average Bonchev–Trinajstić information content (AvgIpc) is 3.08. The summed E-state index contributed by atoms with van der Waals surface area (Å²) >= 11 is 0. The van der Waals surface area contributed by atoms with Crippen molar-refractivity contribution in [1.82, 2.24) is 20.1 Å². The number of piperidine rings is 1. The Labute approximate surface area is 127 Å². The summed E-state index contributed by atoms with van der Waals surface area (Å²) in [7, 11) is 1.46. The Kier molecular flexibility index (Phi) is 4.04. The predicted octanol–water partition coefficient (Wildman–Crippen LogP) is 2.32. The summed E-state index contributed by atoms with van der Waals surface area (Å²) in [6, 6.07) is 4.08. The number of aromatic nitrogens is 3. The molecule has 116 valence electrons. The molecule has 1 aromatic carbocycles. The van der Waals surface area contributed by atoms with Gasteiger partial charge in [-0.1, -0.05) is 0 Å². The van der Waals surface area contributed by atoms with Gasteiger partial charge in [-0.15, -0.1) is 0 Å². The van der Waals surface area contributed by atoms with Crippen LogP contribution in [0.2, 0.25) is 0 Å². The molecule has 1 atom stereocenters. The molecule has 2 heterocycles. The first-order valence-corrected chi connectivity index (χ1v) is 7.20. The zero-order valence-electron chi connectivity index (χ0n) is 12.3. The number of rotatable bonds is 3. The van der Waals surface area contributed by atoms with Crippen LogP contribution in [0.3, 0.4) is 0 Å². The molecular weight excluding hydrogens is 287 g/mol. The molecule has 3 rings (SSSR count). The van der Waals surface area contributed by atoms with Crippen molar-refractivity contribution in [2.75, 3.05) is 13.7 Å². The maximum Gasteiger partial charge on any atom is 0.257 e. The molecule has 1 aromatic heterocycles. The number of nitrogens with zero attached hydrogens (tertiary/aromatic N) is 3. The number of ether oxygens (including phenoxy) is 1. The Morgan fingerprint density at radius 1 is 1.45 bits per heavy atom. The number of halogens is 1. The summed E-state index contributed by atoms with van der Waals surface area (Å²) in [5.41, 5.74) is 0.0483. The molecule has 1 N–H and O–H groups in total. The fraction of sp³-hybridized carbons (Fsp3) is 0.400. The Bertz CT molecular complexity index is 660. The molecule has 7 heteroatoms. The molecule has 0 spiro atoms. The minimum Gasteiger partial charge on any atom is -0.497 e. The summed E-state index contributed by atoms with van der Waals surface area (Å²) in [6.45, 7) is 0.579. The number of methoxy groups -OCH3 is 1. The highest BCUT2D eigenvalue weighted by atomic mass is 19.1. The van der Waals surface area contributed by atoms with Crippen molar-refractivity contribution in [3.05, 3.63) is 41.7 Å². The van der Waals surface area contributed by atoms with Crippen LogP contribution in [0.5, 0.6) is 5.75 Å². The zero-order valence-corrected chi connectivity index (χ0v) is 12.3. The second-order valence-corrected chi connectivity index (χ2v) is 5.23. The third-order valence-electron chi connectivity index (χ3n) is 3.92. The van der Waals surface area contributed by atoms with Crippen molar-refractivity contribution in [3.63, 3.8) is 0 Å². The molecule has 2 aromatic rings. The molecule has 0 aliphatic carbocycles. The van der Waals surface area contributed by atoms with E-state index >= 15 is 0 Å². The standard InChI is InChI=1S/C15H17FN4O2/c1-22-10-5-6-11(12(16)8-10)15(21)20-7-3-2-4-13(20)14-17-9-18-19-14/h5-6,8-9,13H,2-4,7H2,1H3,(H,17,18,19)/t13-/m1/s1. The van der Waals surface area contributed by atoms with E-state index in [4.69, 9.17) is 4.74 Å². The van der Waals surface area contributed by atoms with Crippen LogP contribution in [0.25, 0.3) is 0 Å². The molecule has 22 heavy (non-hydrogen) atoms. The molecular formula is C15H17FN4O2. The van der Waals surface area contributed by atoms with Gasteiger partial charge in [0.1, 0.15) is 23.7 Å². The van der Waals surface area contributed by atoms with Crippen LogP contribution in [0.15, 0.2) is 24.5 Å². The zero-order chi connectivity index (χ0) is 15.5. The molecule has 0 radical (unpaired) electrons. The Morgan fingerprint density at radius 2 is 2.32 bits per heavy atom. The highest BCUT2D eigenvalue weighted by Gasteiger charge is 2.31. The molecule has 0 saturated carbocycles. The topological polar surface area (TPSA) is 71.1 Å². The Balaban J connectivity index is 1.89. The number of likely N-dealkylation sites (tertiary alicyclic amines) is 1. The number of hydrogen-bond donors (Lipinski definition) is 1.